The van der Waals surface area contributed by atoms with Crippen LogP contribution in [0.25, 0.3) is 11.0 Å². The molecule has 0 unspecified atom stereocenters. The summed E-state index contributed by atoms with van der Waals surface area (Å²) in [4.78, 5) is 30.2. The van der Waals surface area contributed by atoms with Gasteiger partial charge in [0.15, 0.2) is 0 Å². The minimum Gasteiger partial charge on any atom is -0.449 e. The van der Waals surface area contributed by atoms with Crippen LogP contribution >= 0.6 is 0 Å². The van der Waals surface area contributed by atoms with Gasteiger partial charge in [-0.3, -0.25) is 9.59 Å². The zero-order valence-corrected chi connectivity index (χ0v) is 16.8. The Kier molecular flexibility index (Phi) is 5.36. The molecular weight excluding hydrogens is 366 g/mol. The van der Waals surface area contributed by atoms with E-state index < -0.39 is 0 Å². The number of carbonyl (C=O) groups is 2. The third-order valence-corrected chi connectivity index (χ3v) is 5.42. The van der Waals surface area contributed by atoms with Gasteiger partial charge in [0, 0.05) is 37.1 Å². The van der Waals surface area contributed by atoms with E-state index in [4.69, 9.17) is 4.42 Å². The van der Waals surface area contributed by atoms with E-state index in [1.165, 1.54) is 0 Å². The first-order valence-corrected chi connectivity index (χ1v) is 9.98. The van der Waals surface area contributed by atoms with Crippen LogP contribution in [-0.2, 0) is 0 Å². The van der Waals surface area contributed by atoms with Gasteiger partial charge in [-0.05, 0) is 37.7 Å². The van der Waals surface area contributed by atoms with Gasteiger partial charge in [0.1, 0.15) is 11.3 Å². The number of nitrogens with one attached hydrogen (secondary N) is 1. The Labute approximate surface area is 170 Å². The van der Waals surface area contributed by atoms with Gasteiger partial charge in [-0.25, -0.2) is 0 Å². The zero-order chi connectivity index (χ0) is 20.4. The number of benzene rings is 2. The van der Waals surface area contributed by atoms with Crippen molar-refractivity contribution in [3.8, 4) is 0 Å². The van der Waals surface area contributed by atoms with Crippen molar-refractivity contribution in [1.29, 1.82) is 0 Å². The molecule has 0 spiro atoms. The molecule has 0 radical (unpaired) electrons. The van der Waals surface area contributed by atoms with Gasteiger partial charge in [0.25, 0.3) is 11.8 Å². The molecule has 0 atom stereocenters. The number of amides is 2. The Morgan fingerprint density at radius 2 is 1.79 bits per heavy atom. The minimum atomic E-state index is -0.259. The van der Waals surface area contributed by atoms with Gasteiger partial charge in [-0.15, -0.1) is 0 Å². The van der Waals surface area contributed by atoms with Gasteiger partial charge in [0.2, 0.25) is 5.76 Å². The summed E-state index contributed by atoms with van der Waals surface area (Å²) in [6.45, 7) is 8.01. The number of nitrogens with zero attached hydrogens (tertiary/aromatic N) is 2. The summed E-state index contributed by atoms with van der Waals surface area (Å²) in [5, 5.41) is 3.65. The van der Waals surface area contributed by atoms with Crippen LogP contribution in [0.5, 0.6) is 0 Å². The molecule has 1 saturated heterocycles. The summed E-state index contributed by atoms with van der Waals surface area (Å²) in [5.74, 6) is -0.251. The molecule has 0 aliphatic carbocycles. The number of anilines is 1. The van der Waals surface area contributed by atoms with Crippen molar-refractivity contribution in [3.05, 3.63) is 65.4 Å². The van der Waals surface area contributed by atoms with Crippen molar-refractivity contribution < 1.29 is 14.0 Å². The van der Waals surface area contributed by atoms with Crippen LogP contribution < -0.4 is 5.32 Å². The Hall–Kier alpha value is -3.12. The van der Waals surface area contributed by atoms with Gasteiger partial charge in [-0.2, -0.15) is 0 Å². The number of hydrogen-bond donors (Lipinski definition) is 1. The summed E-state index contributed by atoms with van der Waals surface area (Å²) < 4.78 is 5.91. The smallest absolute Gasteiger partial charge is 0.291 e. The van der Waals surface area contributed by atoms with E-state index in [0.717, 1.165) is 30.6 Å². The molecule has 1 fully saturated rings. The minimum absolute atomic E-state index is 0.184. The van der Waals surface area contributed by atoms with Gasteiger partial charge in [0.05, 0.1) is 0 Å². The Morgan fingerprint density at radius 1 is 1.03 bits per heavy atom. The Bertz CT molecular complexity index is 1050. The lowest BCUT2D eigenvalue weighted by atomic mass is 10.1. The van der Waals surface area contributed by atoms with Crippen molar-refractivity contribution in [1.82, 2.24) is 9.80 Å². The Balaban J connectivity index is 1.66. The Morgan fingerprint density at radius 3 is 2.52 bits per heavy atom. The highest BCUT2D eigenvalue weighted by Crippen LogP contribution is 2.32. The van der Waals surface area contributed by atoms with Crippen LogP contribution in [0.1, 0.15) is 33.4 Å². The third-order valence-electron chi connectivity index (χ3n) is 5.42. The van der Waals surface area contributed by atoms with E-state index in [0.29, 0.717) is 29.9 Å². The molecule has 1 aliphatic heterocycles. The molecule has 29 heavy (non-hydrogen) atoms. The molecule has 2 heterocycles. The van der Waals surface area contributed by atoms with Crippen LogP contribution in [0.4, 0.5) is 5.69 Å². The quantitative estimate of drug-likeness (QED) is 0.735. The highest BCUT2D eigenvalue weighted by molar-refractivity contribution is 6.14. The summed E-state index contributed by atoms with van der Waals surface area (Å²) in [6, 6.07) is 14.8. The van der Waals surface area contributed by atoms with E-state index in [1.54, 1.807) is 11.0 Å². The van der Waals surface area contributed by atoms with Gasteiger partial charge in [-0.1, -0.05) is 36.8 Å². The fourth-order valence-electron chi connectivity index (χ4n) is 3.70. The molecule has 0 saturated carbocycles. The van der Waals surface area contributed by atoms with Crippen LogP contribution in [0.15, 0.2) is 52.9 Å². The lowest BCUT2D eigenvalue weighted by Gasteiger charge is -2.33. The number of para-hydroxylation sites is 1. The van der Waals surface area contributed by atoms with E-state index in [9.17, 15) is 9.59 Å². The van der Waals surface area contributed by atoms with Crippen LogP contribution in [-0.4, -0.2) is 54.3 Å². The maximum atomic E-state index is 13.2. The highest BCUT2D eigenvalue weighted by atomic mass is 16.3. The number of hydrogen-bond acceptors (Lipinski definition) is 4. The highest BCUT2D eigenvalue weighted by Gasteiger charge is 2.28. The van der Waals surface area contributed by atoms with E-state index >= 15 is 0 Å². The maximum absolute atomic E-state index is 13.2. The van der Waals surface area contributed by atoms with Crippen molar-refractivity contribution in [2.45, 2.75) is 13.8 Å². The molecule has 3 aromatic rings. The van der Waals surface area contributed by atoms with Crippen LogP contribution in [0.3, 0.4) is 0 Å². The largest absolute Gasteiger partial charge is 0.449 e. The second-order valence-corrected chi connectivity index (χ2v) is 7.35. The lowest BCUT2D eigenvalue weighted by molar-refractivity contribution is 0.0616. The number of piperazine rings is 1. The molecule has 6 heteroatoms. The first-order valence-electron chi connectivity index (χ1n) is 9.98. The fourth-order valence-corrected chi connectivity index (χ4v) is 3.70. The van der Waals surface area contributed by atoms with Crippen molar-refractivity contribution in [2.75, 3.05) is 38.0 Å². The predicted molar refractivity (Wildman–Crippen MR) is 113 cm³/mol. The second kappa shape index (κ2) is 8.09. The normalized spacial score (nSPS) is 14.9. The van der Waals surface area contributed by atoms with E-state index in [2.05, 4.69) is 17.1 Å². The first-order chi connectivity index (χ1) is 14.1. The predicted octanol–water partition coefficient (Wildman–Crippen LogP) is 3.77. The SMILES string of the molecule is CCN1CCN(C(=O)c2oc3ccccc3c2NC(=O)c2cccc(C)c2)CC1. The van der Waals surface area contributed by atoms with Crippen molar-refractivity contribution in [2.24, 2.45) is 0 Å². The molecule has 6 nitrogen and oxygen atoms in total. The molecule has 4 rings (SSSR count). The molecule has 2 amide bonds. The van der Waals surface area contributed by atoms with Gasteiger partial charge >= 0.3 is 0 Å². The summed E-state index contributed by atoms with van der Waals surface area (Å²) in [6.07, 6.45) is 0. The van der Waals surface area contributed by atoms with Crippen LogP contribution in [0.2, 0.25) is 0 Å². The first kappa shape index (κ1) is 19.2. The topological polar surface area (TPSA) is 65.8 Å². The van der Waals surface area contributed by atoms with Crippen molar-refractivity contribution >= 4 is 28.5 Å². The third kappa shape index (κ3) is 3.89. The number of fused-ring (bicyclic) bond motifs is 1. The summed E-state index contributed by atoms with van der Waals surface area (Å²) >= 11 is 0. The molecule has 1 aromatic heterocycles. The number of likely N-dealkylation sites (N-methyl/N-ethyl adjacent to an activating group) is 1. The zero-order valence-electron chi connectivity index (χ0n) is 16.8. The van der Waals surface area contributed by atoms with Crippen LogP contribution in [0, 0.1) is 6.92 Å². The molecular formula is C23H25N3O3. The fraction of sp³-hybridized carbons (Fsp3) is 0.304. The lowest BCUT2D eigenvalue weighted by Crippen LogP contribution is -2.48. The van der Waals surface area contributed by atoms with Crippen molar-refractivity contribution in [3.63, 3.8) is 0 Å². The van der Waals surface area contributed by atoms with Gasteiger partial charge < -0.3 is 19.5 Å². The maximum Gasteiger partial charge on any atom is 0.291 e. The molecule has 2 aromatic carbocycles. The second-order valence-electron chi connectivity index (χ2n) is 7.35. The number of furan rings is 1. The average molecular weight is 391 g/mol. The monoisotopic (exact) mass is 391 g/mol. The number of rotatable bonds is 4. The molecule has 1 N–H and O–H groups in total. The molecule has 150 valence electrons. The van der Waals surface area contributed by atoms with E-state index in [-0.39, 0.29) is 17.6 Å². The van der Waals surface area contributed by atoms with E-state index in [1.807, 2.05) is 49.4 Å². The number of carbonyl (C=O) groups excluding carboxylic acids is 2. The summed E-state index contributed by atoms with van der Waals surface area (Å²) in [5.41, 5.74) is 2.57. The molecule has 1 aliphatic rings. The standard InChI is InChI=1S/C23H25N3O3/c1-3-25-11-13-26(14-12-25)23(28)21-20(18-9-4-5-10-19(18)29-21)24-22(27)17-8-6-7-16(2)15-17/h4-10,15H,3,11-14H2,1-2H3,(H,24,27). The summed E-state index contributed by atoms with van der Waals surface area (Å²) in [7, 11) is 0. The average Bonchev–Trinajstić information content (AvgIpc) is 3.11. The molecule has 0 bridgehead atoms. The number of aryl methyl sites for hydroxylation is 1.